The number of ether oxygens (including phenoxy) is 4. The number of carbonyl (C=O) groups excluding carboxylic acids is 2. The van der Waals surface area contributed by atoms with Gasteiger partial charge in [-0.05, 0) is 47.1 Å². The van der Waals surface area contributed by atoms with Crippen molar-refractivity contribution in [1.82, 2.24) is 10.6 Å². The monoisotopic (exact) mass is 649 g/mol. The Morgan fingerprint density at radius 3 is 1.51 bits per heavy atom. The van der Waals surface area contributed by atoms with Crippen molar-refractivity contribution in [3.05, 3.63) is 10.4 Å². The molecule has 0 saturated heterocycles. The molecule has 0 radical (unpaired) electrons. The van der Waals surface area contributed by atoms with Gasteiger partial charge in [-0.1, -0.05) is 12.5 Å². The first-order valence-electron chi connectivity index (χ1n) is 11.0. The molecule has 0 aliphatic rings. The number of alkyl halides is 2. The second-order valence-electron chi connectivity index (χ2n) is 8.54. The molecule has 0 aliphatic carbocycles. The third-order valence-corrected chi connectivity index (χ3v) is 2.46. The van der Waals surface area contributed by atoms with E-state index in [2.05, 4.69) is 31.3 Å². The van der Waals surface area contributed by atoms with Crippen molar-refractivity contribution in [1.29, 1.82) is 0 Å². The number of azide groups is 1. The first-order valence-corrected chi connectivity index (χ1v) is 14.8. The maximum atomic E-state index is 11.1. The van der Waals surface area contributed by atoms with Gasteiger partial charge < -0.3 is 34.7 Å². The number of carbonyl (C=O) groups is 2. The molecule has 0 aromatic rings. The molecule has 0 fully saturated rings. The Balaban J connectivity index is -0.000000152. The number of hydrogen-bond acceptors (Lipinski definition) is 10. The van der Waals surface area contributed by atoms with Crippen molar-refractivity contribution in [3.8, 4) is 0 Å². The van der Waals surface area contributed by atoms with Gasteiger partial charge in [-0.15, -0.1) is 23.2 Å². The van der Waals surface area contributed by atoms with Crippen LogP contribution in [0.25, 0.3) is 10.4 Å². The van der Waals surface area contributed by atoms with Crippen LogP contribution in [0.5, 0.6) is 0 Å². The van der Waals surface area contributed by atoms with Crippen molar-refractivity contribution in [2.45, 2.75) is 60.2 Å². The standard InChI is InChI=1S/C9H18N4O3.C9H19NO4.CH2Cl2.CH3ClO2S.CH4/c1-9(2,3)16-8(14)11-4-6-15-7-5-12-13-10;1-9(2,3)14-8(12)10-4-6-13-7-5-11;2-1-3;1-5(2,3)4;/h4-7H2,1-3H3,(H,11,14);11H,4-7H2,1-3H3,(H,10,12);1H2;1H3;1H4. The summed E-state index contributed by atoms with van der Waals surface area (Å²) in [6.45, 7) is 13.2. The summed E-state index contributed by atoms with van der Waals surface area (Å²) in [4.78, 5) is 24.8. The van der Waals surface area contributed by atoms with Crippen LogP contribution in [-0.2, 0) is 28.0 Å². The smallest absolute Gasteiger partial charge is 0.407 e. The number of alkyl carbamates (subject to hydrolysis) is 2. The van der Waals surface area contributed by atoms with E-state index in [-0.39, 0.29) is 26.0 Å². The molecule has 0 bridgehead atoms. The second-order valence-corrected chi connectivity index (χ2v) is 12.4. The van der Waals surface area contributed by atoms with Crippen molar-refractivity contribution in [2.24, 2.45) is 5.11 Å². The molecule has 18 heteroatoms. The predicted octanol–water partition coefficient (Wildman–Crippen LogP) is 4.60. The number of aliphatic hydroxyl groups is 1. The Kier molecular flexibility index (Phi) is 35.9. The van der Waals surface area contributed by atoms with Gasteiger partial charge in [-0.2, -0.15) is 0 Å². The lowest BCUT2D eigenvalue weighted by Crippen LogP contribution is -2.34. The molecule has 0 saturated carbocycles. The van der Waals surface area contributed by atoms with Gasteiger partial charge in [0.15, 0.2) is 0 Å². The summed E-state index contributed by atoms with van der Waals surface area (Å²) in [5.74, 6) is 0. The summed E-state index contributed by atoms with van der Waals surface area (Å²) < 4.78 is 38.8. The molecule has 0 aromatic heterocycles. The quantitative estimate of drug-likeness (QED) is 0.0714. The number of nitrogens with zero attached hydrogens (tertiary/aromatic N) is 3. The van der Waals surface area contributed by atoms with E-state index in [0.29, 0.717) is 39.5 Å². The number of nitrogens with one attached hydrogen (secondary N) is 2. The Labute approximate surface area is 247 Å². The first-order chi connectivity index (χ1) is 17.3. The Hall–Kier alpha value is -1.45. The van der Waals surface area contributed by atoms with E-state index < -0.39 is 32.4 Å². The highest BCUT2D eigenvalue weighted by Crippen LogP contribution is 2.06. The maximum absolute atomic E-state index is 11.1. The molecule has 3 N–H and O–H groups in total. The highest BCUT2D eigenvalue weighted by molar-refractivity contribution is 8.13. The van der Waals surface area contributed by atoms with E-state index in [0.717, 1.165) is 6.26 Å². The summed E-state index contributed by atoms with van der Waals surface area (Å²) >= 11 is 9.53. The average Bonchev–Trinajstić information content (AvgIpc) is 2.70. The van der Waals surface area contributed by atoms with Gasteiger partial charge in [0.25, 0.3) is 0 Å². The van der Waals surface area contributed by atoms with Crippen LogP contribution in [0.3, 0.4) is 0 Å². The minimum Gasteiger partial charge on any atom is -0.444 e. The number of aliphatic hydroxyl groups excluding tert-OH is 1. The van der Waals surface area contributed by atoms with Crippen LogP contribution in [-0.4, -0.2) is 101 Å². The van der Waals surface area contributed by atoms with Crippen LogP contribution in [0.4, 0.5) is 9.59 Å². The van der Waals surface area contributed by atoms with Crippen molar-refractivity contribution in [2.75, 3.05) is 64.3 Å². The largest absolute Gasteiger partial charge is 0.444 e. The molecule has 0 heterocycles. The molecule has 39 heavy (non-hydrogen) atoms. The molecule has 0 spiro atoms. The van der Waals surface area contributed by atoms with Gasteiger partial charge >= 0.3 is 12.2 Å². The lowest BCUT2D eigenvalue weighted by molar-refractivity contribution is 0.0480. The van der Waals surface area contributed by atoms with Crippen LogP contribution in [0.1, 0.15) is 49.0 Å². The molecule has 0 aliphatic heterocycles. The lowest BCUT2D eigenvalue weighted by Gasteiger charge is -2.19. The van der Waals surface area contributed by atoms with Crippen LogP contribution >= 0.6 is 33.9 Å². The van der Waals surface area contributed by atoms with Crippen LogP contribution in [0, 0.1) is 0 Å². The lowest BCUT2D eigenvalue weighted by atomic mass is 10.2. The van der Waals surface area contributed by atoms with Gasteiger partial charge in [-0.3, -0.25) is 0 Å². The Morgan fingerprint density at radius 1 is 0.897 bits per heavy atom. The number of rotatable bonds is 11. The molecule has 0 unspecified atom stereocenters. The van der Waals surface area contributed by atoms with Gasteiger partial charge in [0.1, 0.15) is 11.2 Å². The molecule has 0 atom stereocenters. The van der Waals surface area contributed by atoms with Gasteiger partial charge in [0.05, 0.1) is 44.6 Å². The normalized spacial score (nSPS) is 10.2. The molecule has 0 aromatic carbocycles. The summed E-state index contributed by atoms with van der Waals surface area (Å²) in [5.41, 5.74) is 7.01. The maximum Gasteiger partial charge on any atom is 0.407 e. The second kappa shape index (κ2) is 29.5. The molecule has 0 rings (SSSR count). The van der Waals surface area contributed by atoms with E-state index >= 15 is 0 Å². The molecular formula is C21H46Cl3N5O9S. The van der Waals surface area contributed by atoms with Crippen LogP contribution < -0.4 is 10.6 Å². The average molecular weight is 651 g/mol. The van der Waals surface area contributed by atoms with Crippen LogP contribution in [0.2, 0.25) is 0 Å². The number of amides is 2. The van der Waals surface area contributed by atoms with E-state index in [1.807, 2.05) is 0 Å². The first kappa shape index (κ1) is 47.3. The topological polar surface area (TPSA) is 198 Å². The molecule has 236 valence electrons. The van der Waals surface area contributed by atoms with Crippen molar-refractivity contribution < 1.29 is 42.1 Å². The zero-order chi connectivity index (χ0) is 30.7. The molecule has 14 nitrogen and oxygen atoms in total. The van der Waals surface area contributed by atoms with E-state index in [1.165, 1.54) is 0 Å². The Morgan fingerprint density at radius 2 is 1.23 bits per heavy atom. The Bertz CT molecular complexity index is 736. The zero-order valence-corrected chi connectivity index (χ0v) is 26.0. The SMILES string of the molecule is C.CC(C)(C)OC(=O)NCCOCCN=[N+]=[N-].CC(C)(C)OC(=O)NCCOCCO.CS(=O)(=O)Cl.ClCCl. The van der Waals surface area contributed by atoms with Gasteiger partial charge in [0, 0.05) is 35.2 Å². The third-order valence-electron chi connectivity index (χ3n) is 2.46. The predicted molar refractivity (Wildman–Crippen MR) is 155 cm³/mol. The van der Waals surface area contributed by atoms with E-state index in [4.69, 9.17) is 52.8 Å². The molecular weight excluding hydrogens is 605 g/mol. The fraction of sp³-hybridized carbons (Fsp3) is 0.905. The van der Waals surface area contributed by atoms with E-state index in [1.54, 1.807) is 41.5 Å². The fourth-order valence-corrected chi connectivity index (χ4v) is 1.50. The van der Waals surface area contributed by atoms with Crippen molar-refractivity contribution >= 4 is 55.1 Å². The summed E-state index contributed by atoms with van der Waals surface area (Å²) in [6, 6.07) is 0. The van der Waals surface area contributed by atoms with Crippen molar-refractivity contribution in [3.63, 3.8) is 0 Å². The number of hydrogen-bond donors (Lipinski definition) is 3. The van der Waals surface area contributed by atoms with E-state index in [9.17, 15) is 18.0 Å². The fourth-order valence-electron chi connectivity index (χ4n) is 1.50. The van der Waals surface area contributed by atoms with Crippen LogP contribution in [0.15, 0.2) is 5.11 Å². The minimum atomic E-state index is -3.19. The molecule has 2 amide bonds. The van der Waals surface area contributed by atoms with Gasteiger partial charge in [-0.25, -0.2) is 18.0 Å². The highest BCUT2D eigenvalue weighted by Gasteiger charge is 2.16. The highest BCUT2D eigenvalue weighted by atomic mass is 35.7. The summed E-state index contributed by atoms with van der Waals surface area (Å²) in [7, 11) is 1.31. The summed E-state index contributed by atoms with van der Waals surface area (Å²) in [5, 5.41) is 17.0. The zero-order valence-electron chi connectivity index (χ0n) is 23.0. The summed E-state index contributed by atoms with van der Waals surface area (Å²) in [6.07, 6.45) is 0.00501. The van der Waals surface area contributed by atoms with Gasteiger partial charge in [0.2, 0.25) is 9.05 Å². The third kappa shape index (κ3) is 72.4. The minimum absolute atomic E-state index is 0. The number of halogens is 3.